The largest absolute Gasteiger partial charge is 0.508 e. The topological polar surface area (TPSA) is 52.6 Å². The molecule has 21 heavy (non-hydrogen) atoms. The van der Waals surface area contributed by atoms with Crippen LogP contribution in [0.5, 0.6) is 5.75 Å². The van der Waals surface area contributed by atoms with Crippen molar-refractivity contribution < 1.29 is 9.90 Å². The molecule has 1 rings (SSSR count). The molecule has 0 saturated heterocycles. The van der Waals surface area contributed by atoms with Gasteiger partial charge in [-0.15, -0.1) is 0 Å². The summed E-state index contributed by atoms with van der Waals surface area (Å²) in [5, 5.41) is 12.6. The molecule has 0 fully saturated rings. The van der Waals surface area contributed by atoms with Crippen molar-refractivity contribution in [1.29, 1.82) is 0 Å². The fourth-order valence-electron chi connectivity index (χ4n) is 2.31. The second kappa shape index (κ2) is 9.40. The van der Waals surface area contributed by atoms with Gasteiger partial charge in [-0.1, -0.05) is 12.1 Å². The van der Waals surface area contributed by atoms with E-state index < -0.39 is 0 Å². The highest BCUT2D eigenvalue weighted by atomic mass is 16.3. The first-order chi connectivity index (χ1) is 10.1. The summed E-state index contributed by atoms with van der Waals surface area (Å²) in [6, 6.07) is 7.72. The Kier molecular flexibility index (Phi) is 7.83. The van der Waals surface area contributed by atoms with Gasteiger partial charge >= 0.3 is 0 Å². The molecule has 0 aliphatic heterocycles. The van der Waals surface area contributed by atoms with Crippen molar-refractivity contribution in [3.8, 4) is 5.75 Å². The van der Waals surface area contributed by atoms with Crippen molar-refractivity contribution in [2.75, 3.05) is 19.6 Å². The molecule has 0 saturated carbocycles. The number of amides is 1. The molecule has 1 unspecified atom stereocenters. The molecule has 4 nitrogen and oxygen atoms in total. The maximum Gasteiger partial charge on any atom is 0.223 e. The van der Waals surface area contributed by atoms with Crippen molar-refractivity contribution in [3.05, 3.63) is 29.8 Å². The zero-order valence-corrected chi connectivity index (χ0v) is 13.4. The lowest BCUT2D eigenvalue weighted by Crippen LogP contribution is -2.35. The van der Waals surface area contributed by atoms with E-state index in [1.807, 2.05) is 30.9 Å². The average molecular weight is 292 g/mol. The van der Waals surface area contributed by atoms with Gasteiger partial charge in [-0.2, -0.15) is 0 Å². The summed E-state index contributed by atoms with van der Waals surface area (Å²) < 4.78 is 0. The Morgan fingerprint density at radius 2 is 1.86 bits per heavy atom. The number of hydrogen-bond acceptors (Lipinski definition) is 3. The smallest absolute Gasteiger partial charge is 0.223 e. The summed E-state index contributed by atoms with van der Waals surface area (Å²) in [6.07, 6.45) is 2.55. The first kappa shape index (κ1) is 17.5. The van der Waals surface area contributed by atoms with Crippen molar-refractivity contribution in [2.45, 2.75) is 46.1 Å². The van der Waals surface area contributed by atoms with Crippen LogP contribution in [-0.2, 0) is 11.2 Å². The van der Waals surface area contributed by atoms with Gasteiger partial charge in [0.05, 0.1) is 0 Å². The van der Waals surface area contributed by atoms with Gasteiger partial charge in [0, 0.05) is 32.1 Å². The normalized spacial score (nSPS) is 12.1. The first-order valence-electron chi connectivity index (χ1n) is 7.85. The van der Waals surface area contributed by atoms with Gasteiger partial charge in [-0.05, 0) is 51.3 Å². The van der Waals surface area contributed by atoms with Crippen LogP contribution in [0.2, 0.25) is 0 Å². The Morgan fingerprint density at radius 3 is 2.43 bits per heavy atom. The van der Waals surface area contributed by atoms with E-state index in [1.165, 1.54) is 5.56 Å². The SMILES string of the molecule is CCN(CC)C(=O)CCNC(C)CCc1ccc(O)cc1. The molecular weight excluding hydrogens is 264 g/mol. The van der Waals surface area contributed by atoms with Crippen LogP contribution in [-0.4, -0.2) is 41.6 Å². The number of carbonyl (C=O) groups excluding carboxylic acids is 1. The van der Waals surface area contributed by atoms with E-state index in [0.29, 0.717) is 18.2 Å². The molecule has 1 aromatic carbocycles. The molecule has 1 amide bonds. The van der Waals surface area contributed by atoms with Crippen LogP contribution in [0.15, 0.2) is 24.3 Å². The number of carbonyl (C=O) groups is 1. The van der Waals surface area contributed by atoms with Gasteiger partial charge in [-0.25, -0.2) is 0 Å². The van der Waals surface area contributed by atoms with E-state index in [1.54, 1.807) is 12.1 Å². The van der Waals surface area contributed by atoms with Crippen LogP contribution in [0.25, 0.3) is 0 Å². The van der Waals surface area contributed by atoms with E-state index in [9.17, 15) is 9.90 Å². The molecule has 4 heteroatoms. The lowest BCUT2D eigenvalue weighted by Gasteiger charge is -2.19. The van der Waals surface area contributed by atoms with E-state index in [-0.39, 0.29) is 5.91 Å². The summed E-state index contributed by atoms with van der Waals surface area (Å²) in [5.41, 5.74) is 1.22. The molecule has 0 aliphatic rings. The van der Waals surface area contributed by atoms with Crippen LogP contribution in [0.1, 0.15) is 39.2 Å². The fraction of sp³-hybridized carbons (Fsp3) is 0.588. The number of rotatable bonds is 9. The van der Waals surface area contributed by atoms with Gasteiger partial charge in [0.2, 0.25) is 5.91 Å². The Bertz CT molecular complexity index is 413. The third kappa shape index (κ3) is 6.63. The lowest BCUT2D eigenvalue weighted by atomic mass is 10.1. The maximum absolute atomic E-state index is 11.9. The van der Waals surface area contributed by atoms with Crippen LogP contribution >= 0.6 is 0 Å². The summed E-state index contributed by atoms with van der Waals surface area (Å²) in [7, 11) is 0. The predicted octanol–water partition coefficient (Wildman–Crippen LogP) is 2.56. The Balaban J connectivity index is 2.20. The monoisotopic (exact) mass is 292 g/mol. The van der Waals surface area contributed by atoms with Crippen molar-refractivity contribution in [2.24, 2.45) is 0 Å². The Hall–Kier alpha value is -1.55. The third-order valence-electron chi connectivity index (χ3n) is 3.75. The van der Waals surface area contributed by atoms with E-state index in [2.05, 4.69) is 12.2 Å². The quantitative estimate of drug-likeness (QED) is 0.735. The van der Waals surface area contributed by atoms with Gasteiger partial charge in [-0.3, -0.25) is 4.79 Å². The van der Waals surface area contributed by atoms with Crippen LogP contribution in [0.3, 0.4) is 0 Å². The molecule has 0 spiro atoms. The van der Waals surface area contributed by atoms with Crippen LogP contribution in [0.4, 0.5) is 0 Å². The standard InChI is InChI=1S/C17H28N2O2/c1-4-19(5-2)17(21)12-13-18-14(3)6-7-15-8-10-16(20)11-9-15/h8-11,14,18,20H,4-7,12-13H2,1-3H3. The number of benzene rings is 1. The molecule has 1 atom stereocenters. The van der Waals surface area contributed by atoms with Crippen LogP contribution in [0, 0.1) is 0 Å². The average Bonchev–Trinajstić information content (AvgIpc) is 2.48. The molecule has 0 bridgehead atoms. The van der Waals surface area contributed by atoms with E-state index in [4.69, 9.17) is 0 Å². The Labute approximate surface area is 128 Å². The lowest BCUT2D eigenvalue weighted by molar-refractivity contribution is -0.130. The minimum absolute atomic E-state index is 0.221. The zero-order chi connectivity index (χ0) is 15.7. The van der Waals surface area contributed by atoms with E-state index in [0.717, 1.165) is 32.5 Å². The summed E-state index contributed by atoms with van der Waals surface area (Å²) >= 11 is 0. The summed E-state index contributed by atoms with van der Waals surface area (Å²) in [4.78, 5) is 13.7. The molecule has 0 radical (unpaired) electrons. The van der Waals surface area contributed by atoms with Gasteiger partial charge in [0.1, 0.15) is 5.75 Å². The first-order valence-corrected chi connectivity index (χ1v) is 7.85. The molecule has 1 aromatic rings. The molecule has 0 heterocycles. The summed E-state index contributed by atoms with van der Waals surface area (Å²) in [6.45, 7) is 8.45. The number of nitrogens with one attached hydrogen (secondary N) is 1. The second-order valence-corrected chi connectivity index (χ2v) is 5.38. The number of phenols is 1. The molecule has 2 N–H and O–H groups in total. The summed E-state index contributed by atoms with van der Waals surface area (Å²) in [5.74, 6) is 0.526. The zero-order valence-electron chi connectivity index (χ0n) is 13.4. The minimum Gasteiger partial charge on any atom is -0.508 e. The third-order valence-corrected chi connectivity index (χ3v) is 3.75. The van der Waals surface area contributed by atoms with Gasteiger partial charge in [0.25, 0.3) is 0 Å². The second-order valence-electron chi connectivity index (χ2n) is 5.38. The van der Waals surface area contributed by atoms with Crippen molar-refractivity contribution in [1.82, 2.24) is 10.2 Å². The maximum atomic E-state index is 11.9. The minimum atomic E-state index is 0.221. The van der Waals surface area contributed by atoms with Crippen LogP contribution < -0.4 is 5.32 Å². The van der Waals surface area contributed by atoms with Gasteiger partial charge < -0.3 is 15.3 Å². The Morgan fingerprint density at radius 1 is 1.24 bits per heavy atom. The highest BCUT2D eigenvalue weighted by molar-refractivity contribution is 5.76. The molecular formula is C17H28N2O2. The number of aryl methyl sites for hydroxylation is 1. The number of aromatic hydroxyl groups is 1. The van der Waals surface area contributed by atoms with E-state index >= 15 is 0 Å². The van der Waals surface area contributed by atoms with Crippen molar-refractivity contribution >= 4 is 5.91 Å². The highest BCUT2D eigenvalue weighted by Crippen LogP contribution is 2.11. The predicted molar refractivity (Wildman–Crippen MR) is 86.4 cm³/mol. The van der Waals surface area contributed by atoms with Gasteiger partial charge in [0.15, 0.2) is 0 Å². The highest BCUT2D eigenvalue weighted by Gasteiger charge is 2.09. The fourth-order valence-corrected chi connectivity index (χ4v) is 2.31. The van der Waals surface area contributed by atoms with Crippen molar-refractivity contribution in [3.63, 3.8) is 0 Å². The number of nitrogens with zero attached hydrogens (tertiary/aromatic N) is 1. The number of hydrogen-bond donors (Lipinski definition) is 2. The molecule has 0 aliphatic carbocycles. The molecule has 118 valence electrons. The molecule has 0 aromatic heterocycles. The number of phenolic OH excluding ortho intramolecular Hbond substituents is 1.